The minimum Gasteiger partial charge on any atom is -0.439 e. The normalized spacial score (nSPS) is 13.4. The van der Waals surface area contributed by atoms with E-state index in [9.17, 15) is 4.79 Å². The Morgan fingerprint density at radius 3 is 2.85 bits per heavy atom. The molecule has 3 aromatic rings. The first-order valence-electron chi connectivity index (χ1n) is 8.53. The highest BCUT2D eigenvalue weighted by atomic mass is 35.5. The summed E-state index contributed by atoms with van der Waals surface area (Å²) in [4.78, 5) is 16.6. The number of benzene rings is 2. The number of anilines is 1. The van der Waals surface area contributed by atoms with Crippen molar-refractivity contribution >= 4 is 23.2 Å². The van der Waals surface area contributed by atoms with Crippen LogP contribution in [-0.2, 0) is 6.54 Å². The fourth-order valence-corrected chi connectivity index (χ4v) is 2.85. The lowest BCUT2D eigenvalue weighted by Gasteiger charge is -2.10. The summed E-state index contributed by atoms with van der Waals surface area (Å²) in [6.45, 7) is 0.383. The molecule has 1 aliphatic rings. The van der Waals surface area contributed by atoms with E-state index in [2.05, 4.69) is 15.6 Å². The lowest BCUT2D eigenvalue weighted by Crippen LogP contribution is -2.26. The predicted molar refractivity (Wildman–Crippen MR) is 101 cm³/mol. The molecule has 1 aliphatic carbocycles. The number of hydrogen-bond donors (Lipinski definition) is 2. The average Bonchev–Trinajstić information content (AvgIpc) is 3.33. The molecule has 1 saturated carbocycles. The van der Waals surface area contributed by atoms with E-state index in [1.54, 1.807) is 6.20 Å². The second kappa shape index (κ2) is 7.22. The van der Waals surface area contributed by atoms with E-state index in [0.717, 1.165) is 24.1 Å². The number of para-hydroxylation sites is 1. The molecular formula is C20H18ClN3O2. The SMILES string of the molecule is O=C(NC1CC1)c1ccccc1NCc1ncc(-c2cccc(Cl)c2)o1. The van der Waals surface area contributed by atoms with Gasteiger partial charge in [0.15, 0.2) is 5.76 Å². The highest BCUT2D eigenvalue weighted by Gasteiger charge is 2.24. The largest absolute Gasteiger partial charge is 0.439 e. The molecule has 0 aliphatic heterocycles. The molecule has 0 radical (unpaired) electrons. The van der Waals surface area contributed by atoms with Gasteiger partial charge in [0.2, 0.25) is 5.89 Å². The van der Waals surface area contributed by atoms with E-state index in [1.807, 2.05) is 48.5 Å². The van der Waals surface area contributed by atoms with Gasteiger partial charge in [0.05, 0.1) is 18.3 Å². The summed E-state index contributed by atoms with van der Waals surface area (Å²) >= 11 is 6.02. The highest BCUT2D eigenvalue weighted by Crippen LogP contribution is 2.25. The molecular weight excluding hydrogens is 350 g/mol. The van der Waals surface area contributed by atoms with Gasteiger partial charge in [-0.2, -0.15) is 0 Å². The summed E-state index contributed by atoms with van der Waals surface area (Å²) in [7, 11) is 0. The van der Waals surface area contributed by atoms with Crippen molar-refractivity contribution in [2.45, 2.75) is 25.4 Å². The molecule has 6 heteroatoms. The molecule has 5 nitrogen and oxygen atoms in total. The van der Waals surface area contributed by atoms with Crippen LogP contribution in [0.4, 0.5) is 5.69 Å². The number of carbonyl (C=O) groups is 1. The standard InChI is InChI=1S/C20H18ClN3O2/c21-14-5-3-4-13(10-14)18-11-23-19(26-18)12-22-17-7-2-1-6-16(17)20(25)24-15-8-9-15/h1-7,10-11,15,22H,8-9,12H2,(H,24,25). The summed E-state index contributed by atoms with van der Waals surface area (Å²) < 4.78 is 5.79. The summed E-state index contributed by atoms with van der Waals surface area (Å²) in [5.74, 6) is 1.14. The van der Waals surface area contributed by atoms with E-state index < -0.39 is 0 Å². The zero-order valence-corrected chi connectivity index (χ0v) is 14.8. The molecule has 0 unspecified atom stereocenters. The number of aromatic nitrogens is 1. The van der Waals surface area contributed by atoms with Gasteiger partial charge in [-0.25, -0.2) is 4.98 Å². The molecule has 132 valence electrons. The maximum Gasteiger partial charge on any atom is 0.253 e. The van der Waals surface area contributed by atoms with Crippen molar-refractivity contribution in [2.24, 2.45) is 0 Å². The van der Waals surface area contributed by atoms with Gasteiger partial charge in [0, 0.05) is 22.3 Å². The van der Waals surface area contributed by atoms with Gasteiger partial charge in [-0.05, 0) is 37.1 Å². The van der Waals surface area contributed by atoms with E-state index in [1.165, 1.54) is 0 Å². The van der Waals surface area contributed by atoms with Gasteiger partial charge >= 0.3 is 0 Å². The Morgan fingerprint density at radius 1 is 1.19 bits per heavy atom. The topological polar surface area (TPSA) is 67.2 Å². The molecule has 0 atom stereocenters. The van der Waals surface area contributed by atoms with Crippen molar-refractivity contribution < 1.29 is 9.21 Å². The molecule has 1 heterocycles. The van der Waals surface area contributed by atoms with Gasteiger partial charge in [-0.3, -0.25) is 4.79 Å². The average molecular weight is 368 g/mol. The van der Waals surface area contributed by atoms with Crippen LogP contribution in [0.25, 0.3) is 11.3 Å². The fraction of sp³-hybridized carbons (Fsp3) is 0.200. The lowest BCUT2D eigenvalue weighted by atomic mass is 10.1. The molecule has 0 spiro atoms. The zero-order valence-electron chi connectivity index (χ0n) is 14.0. The molecule has 0 saturated heterocycles. The van der Waals surface area contributed by atoms with E-state index >= 15 is 0 Å². The van der Waals surface area contributed by atoms with Crippen molar-refractivity contribution in [1.29, 1.82) is 0 Å². The van der Waals surface area contributed by atoms with Crippen LogP contribution < -0.4 is 10.6 Å². The first-order chi connectivity index (χ1) is 12.7. The van der Waals surface area contributed by atoms with Crippen LogP contribution in [0.3, 0.4) is 0 Å². The number of carbonyl (C=O) groups excluding carboxylic acids is 1. The number of nitrogens with one attached hydrogen (secondary N) is 2. The smallest absolute Gasteiger partial charge is 0.253 e. The van der Waals surface area contributed by atoms with Crippen molar-refractivity contribution in [3.63, 3.8) is 0 Å². The molecule has 1 fully saturated rings. The van der Waals surface area contributed by atoms with Crippen LogP contribution in [-0.4, -0.2) is 16.9 Å². The number of rotatable bonds is 6. The second-order valence-corrected chi connectivity index (χ2v) is 6.71. The molecule has 2 aromatic carbocycles. The number of nitrogens with zero attached hydrogens (tertiary/aromatic N) is 1. The Kier molecular flexibility index (Phi) is 4.63. The minimum absolute atomic E-state index is 0.0531. The molecule has 26 heavy (non-hydrogen) atoms. The Labute approximate surface area is 156 Å². The number of oxazole rings is 1. The van der Waals surface area contributed by atoms with Crippen molar-refractivity contribution in [1.82, 2.24) is 10.3 Å². The van der Waals surface area contributed by atoms with E-state index in [4.69, 9.17) is 16.0 Å². The molecule has 2 N–H and O–H groups in total. The summed E-state index contributed by atoms with van der Waals surface area (Å²) in [5.41, 5.74) is 2.26. The Balaban J connectivity index is 1.45. The van der Waals surface area contributed by atoms with Crippen LogP contribution in [0.1, 0.15) is 29.1 Å². The quantitative estimate of drug-likeness (QED) is 0.673. The molecule has 1 aromatic heterocycles. The summed E-state index contributed by atoms with van der Waals surface area (Å²) in [5, 5.41) is 6.89. The number of amides is 1. The molecule has 0 bridgehead atoms. The van der Waals surface area contributed by atoms with Gasteiger partial charge in [-0.1, -0.05) is 35.9 Å². The third kappa shape index (κ3) is 3.89. The van der Waals surface area contributed by atoms with E-state index in [-0.39, 0.29) is 5.91 Å². The lowest BCUT2D eigenvalue weighted by molar-refractivity contribution is 0.0952. The molecule has 4 rings (SSSR count). The number of hydrogen-bond acceptors (Lipinski definition) is 4. The van der Waals surface area contributed by atoms with Crippen LogP contribution in [0.2, 0.25) is 5.02 Å². The van der Waals surface area contributed by atoms with Crippen LogP contribution >= 0.6 is 11.6 Å². The minimum atomic E-state index is -0.0531. The Bertz CT molecular complexity index is 934. The summed E-state index contributed by atoms with van der Waals surface area (Å²) in [6, 6.07) is 15.2. The highest BCUT2D eigenvalue weighted by molar-refractivity contribution is 6.30. The van der Waals surface area contributed by atoms with Crippen molar-refractivity contribution in [3.8, 4) is 11.3 Å². The van der Waals surface area contributed by atoms with Crippen molar-refractivity contribution in [3.05, 3.63) is 71.2 Å². The van der Waals surface area contributed by atoms with Crippen molar-refractivity contribution in [2.75, 3.05) is 5.32 Å². The third-order valence-electron chi connectivity index (χ3n) is 4.18. The fourth-order valence-electron chi connectivity index (χ4n) is 2.66. The summed E-state index contributed by atoms with van der Waals surface area (Å²) in [6.07, 6.45) is 3.79. The van der Waals surface area contributed by atoms with Gasteiger partial charge in [0.25, 0.3) is 5.91 Å². The van der Waals surface area contributed by atoms with Gasteiger partial charge in [0.1, 0.15) is 0 Å². The van der Waals surface area contributed by atoms with E-state index in [0.29, 0.717) is 34.8 Å². The maximum absolute atomic E-state index is 12.3. The molecule has 1 amide bonds. The maximum atomic E-state index is 12.3. The van der Waals surface area contributed by atoms with Crippen LogP contribution in [0.5, 0.6) is 0 Å². The first kappa shape index (κ1) is 16.7. The zero-order chi connectivity index (χ0) is 17.9. The van der Waals surface area contributed by atoms with Crippen LogP contribution in [0.15, 0.2) is 59.1 Å². The second-order valence-electron chi connectivity index (χ2n) is 6.28. The van der Waals surface area contributed by atoms with Gasteiger partial charge < -0.3 is 15.1 Å². The van der Waals surface area contributed by atoms with Gasteiger partial charge in [-0.15, -0.1) is 0 Å². The number of halogens is 1. The monoisotopic (exact) mass is 367 g/mol. The third-order valence-corrected chi connectivity index (χ3v) is 4.41. The predicted octanol–water partition coefficient (Wildman–Crippen LogP) is 4.50. The Morgan fingerprint density at radius 2 is 2.04 bits per heavy atom. The Hall–Kier alpha value is -2.79. The first-order valence-corrected chi connectivity index (χ1v) is 8.91. The van der Waals surface area contributed by atoms with Crippen LogP contribution in [0, 0.1) is 0 Å².